The van der Waals surface area contributed by atoms with Gasteiger partial charge in [-0.25, -0.2) is 0 Å². The summed E-state index contributed by atoms with van der Waals surface area (Å²) in [5, 5.41) is 0. The fourth-order valence-corrected chi connectivity index (χ4v) is 2.93. The summed E-state index contributed by atoms with van der Waals surface area (Å²) in [6.45, 7) is 2.27. The second-order valence-corrected chi connectivity index (χ2v) is 5.20. The highest BCUT2D eigenvalue weighted by molar-refractivity contribution is 4.74. The first kappa shape index (κ1) is 11.4. The minimum atomic E-state index is 0.596. The summed E-state index contributed by atoms with van der Waals surface area (Å²) in [7, 11) is 2.26. The maximum absolute atomic E-state index is 5.93. The van der Waals surface area contributed by atoms with Crippen molar-refractivity contribution in [1.82, 2.24) is 4.90 Å². The highest BCUT2D eigenvalue weighted by Gasteiger charge is 2.20. The molecule has 2 heteroatoms. The Bertz CT molecular complexity index is 177. The average Bonchev–Trinajstić information content (AvgIpc) is 2.74. The largest absolute Gasteiger partial charge is 0.378 e. The van der Waals surface area contributed by atoms with Crippen LogP contribution in [0.5, 0.6) is 0 Å². The van der Waals surface area contributed by atoms with Gasteiger partial charge in [-0.2, -0.15) is 0 Å². The zero-order valence-electron chi connectivity index (χ0n) is 10.1. The predicted octanol–water partition coefficient (Wildman–Crippen LogP) is 2.82. The fourth-order valence-electron chi connectivity index (χ4n) is 2.93. The molecule has 0 spiro atoms. The van der Waals surface area contributed by atoms with Gasteiger partial charge < -0.3 is 9.64 Å². The lowest BCUT2D eigenvalue weighted by atomic mass is 10.0. The highest BCUT2D eigenvalue weighted by atomic mass is 16.5. The van der Waals surface area contributed by atoms with E-state index in [-0.39, 0.29) is 0 Å². The highest BCUT2D eigenvalue weighted by Crippen LogP contribution is 2.22. The zero-order chi connectivity index (χ0) is 10.5. The molecule has 0 aromatic carbocycles. The summed E-state index contributed by atoms with van der Waals surface area (Å²) < 4.78 is 5.93. The standard InChI is InChI=1S/C13H25NO/c1-14-10-5-4-6-12(14)9-11-15-13-7-2-3-8-13/h12-13H,2-11H2,1H3. The van der Waals surface area contributed by atoms with Gasteiger partial charge in [0.25, 0.3) is 0 Å². The zero-order valence-corrected chi connectivity index (χ0v) is 10.1. The van der Waals surface area contributed by atoms with E-state index in [2.05, 4.69) is 11.9 Å². The van der Waals surface area contributed by atoms with Crippen LogP contribution in [0, 0.1) is 0 Å². The van der Waals surface area contributed by atoms with Crippen molar-refractivity contribution in [3.63, 3.8) is 0 Å². The van der Waals surface area contributed by atoms with Gasteiger partial charge >= 0.3 is 0 Å². The SMILES string of the molecule is CN1CCCCC1CCOC1CCCC1. The molecule has 15 heavy (non-hydrogen) atoms. The Morgan fingerprint density at radius 2 is 1.80 bits per heavy atom. The molecule has 1 aliphatic carbocycles. The molecule has 88 valence electrons. The van der Waals surface area contributed by atoms with Crippen LogP contribution in [-0.4, -0.2) is 37.2 Å². The van der Waals surface area contributed by atoms with Crippen molar-refractivity contribution in [3.05, 3.63) is 0 Å². The van der Waals surface area contributed by atoms with E-state index >= 15 is 0 Å². The van der Waals surface area contributed by atoms with Gasteiger partial charge in [0.15, 0.2) is 0 Å². The number of ether oxygens (including phenoxy) is 1. The van der Waals surface area contributed by atoms with Crippen molar-refractivity contribution in [2.24, 2.45) is 0 Å². The van der Waals surface area contributed by atoms with Crippen molar-refractivity contribution < 1.29 is 4.74 Å². The van der Waals surface area contributed by atoms with E-state index in [1.807, 2.05) is 0 Å². The van der Waals surface area contributed by atoms with E-state index < -0.39 is 0 Å². The summed E-state index contributed by atoms with van der Waals surface area (Å²) in [6, 6.07) is 0.792. The third kappa shape index (κ3) is 3.46. The van der Waals surface area contributed by atoms with E-state index in [1.54, 1.807) is 0 Å². The quantitative estimate of drug-likeness (QED) is 0.709. The van der Waals surface area contributed by atoms with E-state index in [9.17, 15) is 0 Å². The molecule has 1 saturated heterocycles. The molecule has 2 aliphatic rings. The van der Waals surface area contributed by atoms with Gasteiger partial charge in [0.1, 0.15) is 0 Å². The lowest BCUT2D eigenvalue weighted by Crippen LogP contribution is -2.37. The van der Waals surface area contributed by atoms with Gasteiger partial charge in [0.2, 0.25) is 0 Å². The van der Waals surface area contributed by atoms with Gasteiger partial charge in [0.05, 0.1) is 6.10 Å². The lowest BCUT2D eigenvalue weighted by molar-refractivity contribution is 0.0381. The lowest BCUT2D eigenvalue weighted by Gasteiger charge is -2.32. The Kier molecular flexibility index (Phi) is 4.45. The molecule has 1 atom stereocenters. The van der Waals surface area contributed by atoms with E-state index in [1.165, 1.54) is 57.9 Å². The second-order valence-electron chi connectivity index (χ2n) is 5.20. The fraction of sp³-hybridized carbons (Fsp3) is 1.00. The van der Waals surface area contributed by atoms with Crippen molar-refractivity contribution in [2.45, 2.75) is 63.5 Å². The first-order chi connectivity index (χ1) is 7.36. The topological polar surface area (TPSA) is 12.5 Å². The monoisotopic (exact) mass is 211 g/mol. The molecule has 2 rings (SSSR count). The Morgan fingerprint density at radius 1 is 1.07 bits per heavy atom. The summed E-state index contributed by atoms with van der Waals surface area (Å²) in [4.78, 5) is 2.52. The third-order valence-corrected chi connectivity index (χ3v) is 4.03. The van der Waals surface area contributed by atoms with Crippen LogP contribution < -0.4 is 0 Å². The normalized spacial score (nSPS) is 29.8. The maximum Gasteiger partial charge on any atom is 0.0575 e. The Balaban J connectivity index is 1.59. The van der Waals surface area contributed by atoms with Gasteiger partial charge in [0, 0.05) is 12.6 Å². The van der Waals surface area contributed by atoms with Crippen LogP contribution in [-0.2, 0) is 4.74 Å². The van der Waals surface area contributed by atoms with Crippen LogP contribution in [0.2, 0.25) is 0 Å². The summed E-state index contributed by atoms with van der Waals surface area (Å²) in [5.41, 5.74) is 0. The van der Waals surface area contributed by atoms with Crippen molar-refractivity contribution in [1.29, 1.82) is 0 Å². The predicted molar refractivity (Wildman–Crippen MR) is 63.1 cm³/mol. The first-order valence-electron chi connectivity index (χ1n) is 6.68. The van der Waals surface area contributed by atoms with E-state index in [4.69, 9.17) is 4.74 Å². The summed E-state index contributed by atoms with van der Waals surface area (Å²) >= 11 is 0. The maximum atomic E-state index is 5.93. The van der Waals surface area contributed by atoms with E-state index in [0.717, 1.165) is 12.6 Å². The molecule has 0 amide bonds. The molecular formula is C13H25NO. The summed E-state index contributed by atoms with van der Waals surface area (Å²) in [6.07, 6.45) is 11.4. The molecule has 2 fully saturated rings. The van der Waals surface area contributed by atoms with Gasteiger partial charge in [-0.05, 0) is 45.7 Å². The Morgan fingerprint density at radius 3 is 2.53 bits per heavy atom. The van der Waals surface area contributed by atoms with Gasteiger partial charge in [-0.15, -0.1) is 0 Å². The van der Waals surface area contributed by atoms with Crippen LogP contribution in [0.1, 0.15) is 51.4 Å². The van der Waals surface area contributed by atoms with Crippen molar-refractivity contribution in [3.8, 4) is 0 Å². The number of likely N-dealkylation sites (tertiary alicyclic amines) is 1. The number of hydrogen-bond acceptors (Lipinski definition) is 2. The van der Waals surface area contributed by atoms with Crippen LogP contribution in [0.4, 0.5) is 0 Å². The molecule has 0 N–H and O–H groups in total. The Hall–Kier alpha value is -0.0800. The van der Waals surface area contributed by atoms with Gasteiger partial charge in [-0.1, -0.05) is 19.3 Å². The van der Waals surface area contributed by atoms with Crippen molar-refractivity contribution in [2.75, 3.05) is 20.2 Å². The van der Waals surface area contributed by atoms with Gasteiger partial charge in [-0.3, -0.25) is 0 Å². The molecule has 1 unspecified atom stereocenters. The molecule has 2 nitrogen and oxygen atoms in total. The van der Waals surface area contributed by atoms with Crippen LogP contribution >= 0.6 is 0 Å². The average molecular weight is 211 g/mol. The smallest absolute Gasteiger partial charge is 0.0575 e. The van der Waals surface area contributed by atoms with Crippen molar-refractivity contribution >= 4 is 0 Å². The molecule has 0 aromatic rings. The molecule has 0 radical (unpaired) electrons. The van der Waals surface area contributed by atoms with E-state index in [0.29, 0.717) is 6.10 Å². The second kappa shape index (κ2) is 5.86. The van der Waals surface area contributed by atoms with Crippen LogP contribution in [0.25, 0.3) is 0 Å². The number of hydrogen-bond donors (Lipinski definition) is 0. The summed E-state index contributed by atoms with van der Waals surface area (Å²) in [5.74, 6) is 0. The number of nitrogens with zero attached hydrogens (tertiary/aromatic N) is 1. The number of rotatable bonds is 4. The first-order valence-corrected chi connectivity index (χ1v) is 6.68. The molecule has 0 aromatic heterocycles. The minimum Gasteiger partial charge on any atom is -0.378 e. The molecule has 1 saturated carbocycles. The molecule has 0 bridgehead atoms. The molecule has 1 heterocycles. The number of piperidine rings is 1. The molecule has 1 aliphatic heterocycles. The molecular weight excluding hydrogens is 186 g/mol. The minimum absolute atomic E-state index is 0.596. The van der Waals surface area contributed by atoms with Crippen LogP contribution in [0.3, 0.4) is 0 Å². The Labute approximate surface area is 94.0 Å². The van der Waals surface area contributed by atoms with Crippen LogP contribution in [0.15, 0.2) is 0 Å². The third-order valence-electron chi connectivity index (χ3n) is 4.03.